The van der Waals surface area contributed by atoms with Gasteiger partial charge in [0.1, 0.15) is 0 Å². The molecule has 0 saturated carbocycles. The Balaban J connectivity index is 3.15. The molecular weight excluding hydrogens is 86.1 g/mol. The molecule has 0 N–H and O–H groups in total. The highest BCUT2D eigenvalue weighted by Crippen LogP contribution is 1.93. The van der Waals surface area contributed by atoms with E-state index in [-0.39, 0.29) is 0 Å². The molecule has 1 unspecified atom stereocenters. The third-order valence-corrected chi connectivity index (χ3v) is 0.819. The van der Waals surface area contributed by atoms with Crippen LogP contribution in [0, 0.1) is 0 Å². The van der Waals surface area contributed by atoms with Gasteiger partial charge in [0.15, 0.2) is 0 Å². The highest BCUT2D eigenvalue weighted by molar-refractivity contribution is 5.24. The molecule has 0 amide bonds. The van der Waals surface area contributed by atoms with Gasteiger partial charge in [-0.2, -0.15) is 0 Å². The summed E-state index contributed by atoms with van der Waals surface area (Å²) in [4.78, 5) is 3.76. The standard InChI is InChI=1S/C6H11N/c1-4-5-6(2)7-3/h4,6H,1,3,5H2,2H3. The Kier molecular flexibility index (Phi) is 3.29. The molecule has 0 aliphatic heterocycles. The number of aliphatic imine (C=N–C) groups is 1. The van der Waals surface area contributed by atoms with Crippen molar-refractivity contribution in [2.45, 2.75) is 19.4 Å². The molecule has 7 heavy (non-hydrogen) atoms. The van der Waals surface area contributed by atoms with Gasteiger partial charge in [0.2, 0.25) is 0 Å². The maximum Gasteiger partial charge on any atom is 0.0498 e. The van der Waals surface area contributed by atoms with Crippen molar-refractivity contribution in [2.24, 2.45) is 4.99 Å². The van der Waals surface area contributed by atoms with E-state index in [0.717, 1.165) is 6.42 Å². The molecule has 0 heterocycles. The van der Waals surface area contributed by atoms with Gasteiger partial charge in [-0.05, 0) is 20.1 Å². The maximum atomic E-state index is 3.76. The molecule has 1 nitrogen and oxygen atoms in total. The number of hydrogen-bond acceptors (Lipinski definition) is 1. The van der Waals surface area contributed by atoms with Crippen LogP contribution in [-0.4, -0.2) is 12.8 Å². The molecular formula is C6H11N. The summed E-state index contributed by atoms with van der Waals surface area (Å²) in [5.41, 5.74) is 0. The van der Waals surface area contributed by atoms with Gasteiger partial charge in [-0.15, -0.1) is 6.58 Å². The zero-order valence-electron chi connectivity index (χ0n) is 4.72. The van der Waals surface area contributed by atoms with Crippen LogP contribution in [0.5, 0.6) is 0 Å². The molecule has 0 aliphatic carbocycles. The minimum Gasteiger partial charge on any atom is -0.298 e. The average molecular weight is 97.2 g/mol. The minimum absolute atomic E-state index is 0.345. The second-order valence-corrected chi connectivity index (χ2v) is 1.56. The lowest BCUT2D eigenvalue weighted by molar-refractivity contribution is 0.767. The van der Waals surface area contributed by atoms with E-state index < -0.39 is 0 Å². The molecule has 1 heteroatoms. The van der Waals surface area contributed by atoms with Gasteiger partial charge in [0, 0.05) is 6.04 Å². The fourth-order valence-electron chi connectivity index (χ4n) is 0.316. The smallest absolute Gasteiger partial charge is 0.0498 e. The van der Waals surface area contributed by atoms with Gasteiger partial charge in [0.25, 0.3) is 0 Å². The van der Waals surface area contributed by atoms with E-state index in [4.69, 9.17) is 0 Å². The van der Waals surface area contributed by atoms with Crippen molar-refractivity contribution in [3.05, 3.63) is 12.7 Å². The monoisotopic (exact) mass is 97.1 g/mol. The molecule has 0 radical (unpaired) electrons. The largest absolute Gasteiger partial charge is 0.298 e. The van der Waals surface area contributed by atoms with E-state index in [9.17, 15) is 0 Å². The first-order valence-electron chi connectivity index (χ1n) is 2.38. The Morgan fingerprint density at radius 2 is 2.43 bits per heavy atom. The molecule has 0 rings (SSSR count). The van der Waals surface area contributed by atoms with Gasteiger partial charge in [-0.3, -0.25) is 4.99 Å². The summed E-state index contributed by atoms with van der Waals surface area (Å²) >= 11 is 0. The summed E-state index contributed by atoms with van der Waals surface area (Å²) in [5.74, 6) is 0. The average Bonchev–Trinajstić information content (AvgIpc) is 1.68. The molecule has 1 atom stereocenters. The van der Waals surface area contributed by atoms with Crippen molar-refractivity contribution in [3.63, 3.8) is 0 Å². The van der Waals surface area contributed by atoms with E-state index in [2.05, 4.69) is 18.3 Å². The molecule has 0 aliphatic rings. The van der Waals surface area contributed by atoms with E-state index >= 15 is 0 Å². The molecule has 0 saturated heterocycles. The lowest BCUT2D eigenvalue weighted by Crippen LogP contribution is -1.91. The zero-order chi connectivity index (χ0) is 5.70. The van der Waals surface area contributed by atoms with Crippen LogP contribution in [0.25, 0.3) is 0 Å². The zero-order valence-corrected chi connectivity index (χ0v) is 4.72. The van der Waals surface area contributed by atoms with E-state index in [1.807, 2.05) is 13.0 Å². The number of nitrogens with zero attached hydrogens (tertiary/aromatic N) is 1. The summed E-state index contributed by atoms with van der Waals surface area (Å²) in [6.07, 6.45) is 2.78. The van der Waals surface area contributed by atoms with Crippen LogP contribution in [0.1, 0.15) is 13.3 Å². The van der Waals surface area contributed by atoms with Crippen LogP contribution in [0.4, 0.5) is 0 Å². The lowest BCUT2D eigenvalue weighted by Gasteiger charge is -1.95. The summed E-state index contributed by atoms with van der Waals surface area (Å²) in [6, 6.07) is 0.345. The van der Waals surface area contributed by atoms with E-state index in [1.54, 1.807) is 0 Å². The first kappa shape index (κ1) is 6.41. The van der Waals surface area contributed by atoms with Crippen molar-refractivity contribution in [1.82, 2.24) is 0 Å². The lowest BCUT2D eigenvalue weighted by atomic mass is 10.2. The Bertz CT molecular complexity index is 66.6. The maximum absolute atomic E-state index is 3.76. The Hall–Kier alpha value is -0.590. The molecule has 0 bridgehead atoms. The Morgan fingerprint density at radius 1 is 1.86 bits per heavy atom. The predicted molar refractivity (Wildman–Crippen MR) is 33.8 cm³/mol. The van der Waals surface area contributed by atoms with Crippen molar-refractivity contribution in [1.29, 1.82) is 0 Å². The molecule has 0 aromatic carbocycles. The molecule has 0 aromatic rings. The topological polar surface area (TPSA) is 12.4 Å². The van der Waals surface area contributed by atoms with Crippen LogP contribution in [0.15, 0.2) is 17.6 Å². The van der Waals surface area contributed by atoms with Gasteiger partial charge >= 0.3 is 0 Å². The van der Waals surface area contributed by atoms with E-state index in [0.29, 0.717) is 6.04 Å². The second-order valence-electron chi connectivity index (χ2n) is 1.56. The minimum atomic E-state index is 0.345. The van der Waals surface area contributed by atoms with E-state index in [1.165, 1.54) is 0 Å². The van der Waals surface area contributed by atoms with Gasteiger partial charge in [-0.1, -0.05) is 6.08 Å². The quantitative estimate of drug-likeness (QED) is 0.375. The molecule has 0 fully saturated rings. The molecule has 40 valence electrons. The number of rotatable bonds is 3. The number of hydrogen-bond donors (Lipinski definition) is 0. The van der Waals surface area contributed by atoms with Crippen molar-refractivity contribution in [3.8, 4) is 0 Å². The predicted octanol–water partition coefficient (Wildman–Crippen LogP) is 1.65. The van der Waals surface area contributed by atoms with Crippen LogP contribution in [-0.2, 0) is 0 Å². The van der Waals surface area contributed by atoms with Crippen LogP contribution >= 0.6 is 0 Å². The molecule has 0 aromatic heterocycles. The van der Waals surface area contributed by atoms with Gasteiger partial charge in [0.05, 0.1) is 0 Å². The van der Waals surface area contributed by atoms with Crippen molar-refractivity contribution >= 4 is 6.72 Å². The summed E-state index contributed by atoms with van der Waals surface area (Å²) in [5, 5.41) is 0. The Labute approximate surface area is 44.8 Å². The SMILES string of the molecule is C=CCC(C)N=C. The van der Waals surface area contributed by atoms with Crippen LogP contribution < -0.4 is 0 Å². The summed E-state index contributed by atoms with van der Waals surface area (Å²) in [6.45, 7) is 8.95. The fourth-order valence-corrected chi connectivity index (χ4v) is 0.316. The molecule has 0 spiro atoms. The second kappa shape index (κ2) is 3.59. The summed E-state index contributed by atoms with van der Waals surface area (Å²) in [7, 11) is 0. The van der Waals surface area contributed by atoms with Crippen LogP contribution in [0.3, 0.4) is 0 Å². The van der Waals surface area contributed by atoms with Crippen molar-refractivity contribution < 1.29 is 0 Å². The van der Waals surface area contributed by atoms with Gasteiger partial charge < -0.3 is 0 Å². The highest BCUT2D eigenvalue weighted by Gasteiger charge is 1.87. The third kappa shape index (κ3) is 3.23. The third-order valence-electron chi connectivity index (χ3n) is 0.819. The van der Waals surface area contributed by atoms with Crippen molar-refractivity contribution in [2.75, 3.05) is 0 Å². The summed E-state index contributed by atoms with van der Waals surface area (Å²) < 4.78 is 0. The Morgan fingerprint density at radius 3 is 2.57 bits per heavy atom. The first-order valence-corrected chi connectivity index (χ1v) is 2.38. The van der Waals surface area contributed by atoms with Crippen LogP contribution in [0.2, 0.25) is 0 Å². The fraction of sp³-hybridized carbons (Fsp3) is 0.500. The normalized spacial score (nSPS) is 12.7. The first-order chi connectivity index (χ1) is 3.31. The van der Waals surface area contributed by atoms with Gasteiger partial charge in [-0.25, -0.2) is 0 Å². The highest BCUT2D eigenvalue weighted by atomic mass is 14.7.